The number of benzene rings is 2. The maximum atomic E-state index is 13.5. The van der Waals surface area contributed by atoms with Gasteiger partial charge in [0.25, 0.3) is 5.92 Å². The Kier molecular flexibility index (Phi) is 7.48. The minimum atomic E-state index is -2.85. The van der Waals surface area contributed by atoms with Crippen molar-refractivity contribution in [1.82, 2.24) is 4.98 Å². The zero-order valence-corrected chi connectivity index (χ0v) is 20.5. The molecule has 1 atom stereocenters. The first-order valence-corrected chi connectivity index (χ1v) is 11.3. The number of alkyl halides is 2. The summed E-state index contributed by atoms with van der Waals surface area (Å²) in [4.78, 5) is 8.75. The number of aromatic nitrogens is 1. The van der Waals surface area contributed by atoms with E-state index in [0.717, 1.165) is 46.1 Å². The van der Waals surface area contributed by atoms with Crippen molar-refractivity contribution >= 4 is 29.0 Å². The zero-order chi connectivity index (χ0) is 24.3. The van der Waals surface area contributed by atoms with Crippen LogP contribution in [0.4, 0.5) is 14.5 Å². The highest BCUT2D eigenvalue weighted by atomic mass is 35.5. The third-order valence-corrected chi connectivity index (χ3v) is 6.49. The molecule has 0 aliphatic rings. The highest BCUT2D eigenvalue weighted by Crippen LogP contribution is 2.37. The van der Waals surface area contributed by atoms with E-state index in [2.05, 4.69) is 35.8 Å². The molecule has 1 heterocycles. The summed E-state index contributed by atoms with van der Waals surface area (Å²) in [6, 6.07) is 16.5. The van der Waals surface area contributed by atoms with E-state index in [4.69, 9.17) is 11.6 Å². The molecule has 2 nitrogen and oxygen atoms in total. The molecule has 3 rings (SSSR count). The van der Waals surface area contributed by atoms with Gasteiger partial charge in [-0.3, -0.25) is 9.98 Å². The maximum absolute atomic E-state index is 13.5. The van der Waals surface area contributed by atoms with Crippen LogP contribution in [-0.2, 0) is 12.3 Å². The lowest BCUT2D eigenvalue weighted by Gasteiger charge is -2.18. The average molecular weight is 467 g/mol. The molecule has 172 valence electrons. The molecule has 0 fully saturated rings. The van der Waals surface area contributed by atoms with Crippen molar-refractivity contribution in [2.75, 3.05) is 0 Å². The molecule has 0 amide bonds. The summed E-state index contributed by atoms with van der Waals surface area (Å²) in [6.07, 6.45) is 0.547. The quantitative estimate of drug-likeness (QED) is 0.320. The van der Waals surface area contributed by atoms with Gasteiger partial charge in [0.1, 0.15) is 0 Å². The van der Waals surface area contributed by atoms with E-state index in [1.165, 1.54) is 12.1 Å². The third kappa shape index (κ3) is 5.75. The zero-order valence-electron chi connectivity index (χ0n) is 19.7. The summed E-state index contributed by atoms with van der Waals surface area (Å²) in [5, 5.41) is 0.593. The fraction of sp³-hybridized carbons (Fsp3) is 0.286. The molecule has 1 aromatic heterocycles. The van der Waals surface area contributed by atoms with Gasteiger partial charge in [0.05, 0.1) is 5.69 Å². The minimum Gasteiger partial charge on any atom is -0.264 e. The highest BCUT2D eigenvalue weighted by Gasteiger charge is 2.23. The van der Waals surface area contributed by atoms with Gasteiger partial charge in [-0.2, -0.15) is 0 Å². The van der Waals surface area contributed by atoms with Gasteiger partial charge < -0.3 is 0 Å². The van der Waals surface area contributed by atoms with Crippen LogP contribution in [0, 0.1) is 13.8 Å². The number of pyridine rings is 1. The Morgan fingerprint density at radius 2 is 1.76 bits per heavy atom. The molecule has 0 spiro atoms. The highest BCUT2D eigenvalue weighted by molar-refractivity contribution is 6.49. The predicted molar refractivity (Wildman–Crippen MR) is 135 cm³/mol. The van der Waals surface area contributed by atoms with E-state index < -0.39 is 5.92 Å². The van der Waals surface area contributed by atoms with E-state index in [-0.39, 0.29) is 11.5 Å². The summed E-state index contributed by atoms with van der Waals surface area (Å²) in [6.45, 7) is 12.7. The standard InChI is InChI=1S/C28H29ClF2N2/c1-17(15-21-8-11-23(12-9-21)28(5,30)31)27(29)25-16-22(10-14-26(25)32-6)19(3)24-13-7-18(2)33-20(24)4/h7-14,16,19H,6,15H2,1-5H3/b27-17-. The first-order valence-electron chi connectivity index (χ1n) is 10.9. The predicted octanol–water partition coefficient (Wildman–Crippen LogP) is 8.51. The van der Waals surface area contributed by atoms with E-state index in [0.29, 0.717) is 17.1 Å². The van der Waals surface area contributed by atoms with Crippen molar-refractivity contribution in [1.29, 1.82) is 0 Å². The fourth-order valence-electron chi connectivity index (χ4n) is 4.00. The topological polar surface area (TPSA) is 25.2 Å². The van der Waals surface area contributed by atoms with Crippen molar-refractivity contribution in [3.8, 4) is 0 Å². The second-order valence-corrected chi connectivity index (χ2v) is 9.02. The molecule has 0 bridgehead atoms. The van der Waals surface area contributed by atoms with Crippen LogP contribution in [0.3, 0.4) is 0 Å². The SMILES string of the molecule is C=Nc1ccc(C(C)c2ccc(C)nc2C)cc1/C(Cl)=C(\C)Cc1ccc(C(C)(F)F)cc1. The van der Waals surface area contributed by atoms with Gasteiger partial charge in [0.15, 0.2) is 0 Å². The molecule has 0 aliphatic heterocycles. The van der Waals surface area contributed by atoms with Gasteiger partial charge in [-0.1, -0.05) is 54.9 Å². The fourth-order valence-corrected chi connectivity index (χ4v) is 4.22. The second kappa shape index (κ2) is 9.96. The summed E-state index contributed by atoms with van der Waals surface area (Å²) < 4.78 is 27.0. The lowest BCUT2D eigenvalue weighted by atomic mass is 9.90. The summed E-state index contributed by atoms with van der Waals surface area (Å²) in [7, 11) is 0. The normalized spacial score (nSPS) is 13.5. The lowest BCUT2D eigenvalue weighted by molar-refractivity contribution is 0.0174. The van der Waals surface area contributed by atoms with Crippen LogP contribution in [0.1, 0.15) is 65.9 Å². The number of hydrogen-bond donors (Lipinski definition) is 0. The van der Waals surface area contributed by atoms with Gasteiger partial charge in [-0.15, -0.1) is 0 Å². The Morgan fingerprint density at radius 1 is 1.09 bits per heavy atom. The molecule has 0 aliphatic carbocycles. The number of aryl methyl sites for hydroxylation is 2. The number of rotatable bonds is 7. The Bertz CT molecular complexity index is 1190. The van der Waals surface area contributed by atoms with Crippen LogP contribution >= 0.6 is 11.6 Å². The van der Waals surface area contributed by atoms with Crippen molar-refractivity contribution in [2.24, 2.45) is 4.99 Å². The van der Waals surface area contributed by atoms with Crippen LogP contribution in [0.25, 0.3) is 5.03 Å². The largest absolute Gasteiger partial charge is 0.270 e. The van der Waals surface area contributed by atoms with Crippen molar-refractivity contribution in [2.45, 2.75) is 52.9 Å². The molecule has 0 radical (unpaired) electrons. The summed E-state index contributed by atoms with van der Waals surface area (Å²) in [5.74, 6) is -2.72. The van der Waals surface area contributed by atoms with E-state index in [1.54, 1.807) is 12.1 Å². The Labute approximate surface area is 200 Å². The van der Waals surface area contributed by atoms with Gasteiger partial charge in [0, 0.05) is 40.4 Å². The van der Waals surface area contributed by atoms with Crippen LogP contribution in [0.15, 0.2) is 65.2 Å². The number of halogens is 3. The number of nitrogens with zero attached hydrogens (tertiary/aromatic N) is 2. The summed E-state index contributed by atoms with van der Waals surface area (Å²) in [5.41, 5.74) is 7.62. The first-order chi connectivity index (χ1) is 15.5. The van der Waals surface area contributed by atoms with Gasteiger partial charge in [-0.05, 0) is 74.4 Å². The van der Waals surface area contributed by atoms with Crippen LogP contribution in [0.5, 0.6) is 0 Å². The van der Waals surface area contributed by atoms with E-state index in [1.807, 2.05) is 39.0 Å². The van der Waals surface area contributed by atoms with Crippen molar-refractivity contribution in [3.05, 3.63) is 99.4 Å². The maximum Gasteiger partial charge on any atom is 0.270 e. The first kappa shape index (κ1) is 24.8. The summed E-state index contributed by atoms with van der Waals surface area (Å²) >= 11 is 6.83. The van der Waals surface area contributed by atoms with Gasteiger partial charge >= 0.3 is 0 Å². The molecule has 3 aromatic rings. The Hall–Kier alpha value is -2.85. The smallest absolute Gasteiger partial charge is 0.264 e. The number of allylic oxidation sites excluding steroid dienone is 1. The van der Waals surface area contributed by atoms with Crippen LogP contribution < -0.4 is 0 Å². The number of hydrogen-bond acceptors (Lipinski definition) is 2. The number of aliphatic imine (C=N–C) groups is 1. The lowest BCUT2D eigenvalue weighted by Crippen LogP contribution is -2.06. The molecule has 0 saturated carbocycles. The molecule has 2 aromatic carbocycles. The monoisotopic (exact) mass is 466 g/mol. The van der Waals surface area contributed by atoms with Crippen molar-refractivity contribution in [3.63, 3.8) is 0 Å². The van der Waals surface area contributed by atoms with E-state index in [9.17, 15) is 8.78 Å². The molecular weight excluding hydrogens is 438 g/mol. The molecule has 0 saturated heterocycles. The second-order valence-electron chi connectivity index (χ2n) is 8.64. The molecule has 0 N–H and O–H groups in total. The van der Waals surface area contributed by atoms with Crippen molar-refractivity contribution < 1.29 is 8.78 Å². The Balaban J connectivity index is 1.94. The van der Waals surface area contributed by atoms with E-state index >= 15 is 0 Å². The minimum absolute atomic E-state index is 0.000277. The van der Waals surface area contributed by atoms with Crippen LogP contribution in [-0.4, -0.2) is 11.7 Å². The third-order valence-electron chi connectivity index (χ3n) is 5.96. The molecule has 33 heavy (non-hydrogen) atoms. The molecular formula is C28H29ClF2N2. The molecule has 1 unspecified atom stereocenters. The van der Waals surface area contributed by atoms with Crippen LogP contribution in [0.2, 0.25) is 0 Å². The van der Waals surface area contributed by atoms with Gasteiger partial charge in [-0.25, -0.2) is 8.78 Å². The molecule has 5 heteroatoms. The Morgan fingerprint density at radius 3 is 2.33 bits per heavy atom. The van der Waals surface area contributed by atoms with Gasteiger partial charge in [0.2, 0.25) is 0 Å². The average Bonchev–Trinajstić information content (AvgIpc) is 2.77.